The molecule has 29 heteroatoms. The Bertz CT molecular complexity index is 3660. The summed E-state index contributed by atoms with van der Waals surface area (Å²) in [4.78, 5) is 101. The molecule has 5 aliphatic rings. The van der Waals surface area contributed by atoms with Crippen LogP contribution in [0, 0.1) is 34.5 Å². The van der Waals surface area contributed by atoms with Gasteiger partial charge in [-0.15, -0.1) is 22.7 Å². The van der Waals surface area contributed by atoms with Crippen molar-refractivity contribution in [3.8, 4) is 11.1 Å². The van der Waals surface area contributed by atoms with Crippen molar-refractivity contribution in [1.82, 2.24) is 25.7 Å². The Kier molecular flexibility index (Phi) is 29.5. The van der Waals surface area contributed by atoms with Crippen molar-refractivity contribution in [2.45, 2.75) is 226 Å². The number of thiazole rings is 2. The number of alkyl carbamates (subject to hydrolysis) is 1. The summed E-state index contributed by atoms with van der Waals surface area (Å²) >= 11 is 2.83. The number of nitrogens with zero attached hydrogens (tertiary/aromatic N) is 2. The Morgan fingerprint density at radius 3 is 1.71 bits per heavy atom. The molecule has 0 saturated carbocycles. The van der Waals surface area contributed by atoms with Crippen molar-refractivity contribution in [2.24, 2.45) is 46.0 Å². The number of aromatic nitrogens is 2. The van der Waals surface area contributed by atoms with Gasteiger partial charge in [-0.05, 0) is 111 Å². The van der Waals surface area contributed by atoms with E-state index in [2.05, 4.69) is 39.5 Å². The number of carbonyl (C=O) groups is 5. The van der Waals surface area contributed by atoms with Crippen molar-refractivity contribution in [1.29, 1.82) is 0 Å². The highest BCUT2D eigenvalue weighted by molar-refractivity contribution is 7.55. The molecule has 4 aromatic rings. The molecule has 0 spiro atoms. The molecular weight excluding hydrogens is 1390 g/mol. The van der Waals surface area contributed by atoms with Crippen molar-refractivity contribution >= 4 is 79.5 Å². The van der Waals surface area contributed by atoms with Crippen LogP contribution >= 0.6 is 37.8 Å². The third-order valence-corrected chi connectivity index (χ3v) is 25.0. The number of ketones is 2. The van der Waals surface area contributed by atoms with Gasteiger partial charge >= 0.3 is 19.7 Å². The van der Waals surface area contributed by atoms with Gasteiger partial charge in [0.2, 0.25) is 5.91 Å². The lowest BCUT2D eigenvalue weighted by Gasteiger charge is -2.34. The maximum absolute atomic E-state index is 13.3. The number of amides is 2. The number of nitrogens with one attached hydrogen (secondary N) is 3. The van der Waals surface area contributed by atoms with Gasteiger partial charge in [0, 0.05) is 61.0 Å². The van der Waals surface area contributed by atoms with Gasteiger partial charge in [-0.25, -0.2) is 19.8 Å². The van der Waals surface area contributed by atoms with Crippen molar-refractivity contribution < 1.29 is 87.2 Å². The Morgan fingerprint density at radius 2 is 1.20 bits per heavy atom. The maximum Gasteiger partial charge on any atom is 0.407 e. The number of nitrogens with two attached hydrogens (primary N) is 2. The van der Waals surface area contributed by atoms with Gasteiger partial charge in [0.1, 0.15) is 34.3 Å². The fourth-order valence-corrected chi connectivity index (χ4v) is 16.5. The van der Waals surface area contributed by atoms with Gasteiger partial charge in [-0.3, -0.25) is 28.3 Å². The largest absolute Gasteiger partial charge is 0.458 e. The number of carbonyl (C=O) groups excluding carboxylic acids is 5. The first-order chi connectivity index (χ1) is 47.7. The zero-order valence-electron chi connectivity index (χ0n) is 60.8. The number of benzene rings is 2. The molecule has 1 aliphatic carbocycles. The number of hydrogen-bond acceptors (Lipinski definition) is 21. The number of hydrogen-bond donors (Lipinski definition) is 12. The number of aliphatic hydroxyl groups is 4. The van der Waals surface area contributed by atoms with Crippen LogP contribution in [0.2, 0.25) is 0 Å². The molecule has 3 unspecified atom stereocenters. The van der Waals surface area contributed by atoms with Gasteiger partial charge < -0.3 is 76.2 Å². The number of cyclic esters (lactones) is 1. The number of epoxide rings is 2. The lowest BCUT2D eigenvalue weighted by molar-refractivity contribution is -0.154. The number of aliphatic hydroxyl groups excluding tert-OH is 4. The molecule has 2 aromatic heterocycles. The van der Waals surface area contributed by atoms with E-state index in [1.54, 1.807) is 41.5 Å². The Morgan fingerprint density at radius 1 is 0.706 bits per heavy atom. The standard InChI is InChI=1S/C29H49N4O7PS.C27H42N2O6S.C17H18NO5P/c1-17-8-7-9-29(6)23(40-29)13-21(33-24(35)14-22(34)28(4,5)27(37)19(3)26(17)36)18(2)12-20-16-42-25(32-20)15-31-41(38,39)11-10-30;1-15-8-7-9-27(6)21(35-27)11-19(16(2)10-18-14-36-22(13-28)29-18)34-23(31)12-20(30)26(4,5)25(33)17(3)24(15)32;19-17(18-9-10-24(20,21)22)23-11-16-14-7-3-1-5-12(14)13-6-2-4-8-15(13)16/h12,16-17,19,21-23,26,34,36H,7-11,13-15,30H2,1-6H3,(H,33,35)(H2,31,38,39);10,14-15,17,19-21,24,30,32H,7-9,11-13,28H2,1-6H3;1-8,16H,9-11H2,(H,18,19)(H2,20,21,22)/b18-12+;16-10+;/t17-,19+,21-,22-,23?,26-,29+;15-,17+,19-,20-,21?,24-,27+;/m00./s1. The molecule has 6 heterocycles. The van der Waals surface area contributed by atoms with Crippen LogP contribution < -0.4 is 27.2 Å². The van der Waals surface area contributed by atoms with E-state index in [0.29, 0.717) is 30.1 Å². The first-order valence-electron chi connectivity index (χ1n) is 35.2. The molecule has 9 rings (SSSR count). The number of fused-ring (bicyclic) bond motifs is 5. The molecule has 0 bridgehead atoms. The van der Waals surface area contributed by atoms with E-state index in [0.717, 1.165) is 82.6 Å². The van der Waals surface area contributed by atoms with E-state index in [1.165, 1.54) is 22.7 Å². The van der Waals surface area contributed by atoms with Gasteiger partial charge in [0.15, 0.2) is 0 Å². The van der Waals surface area contributed by atoms with Crippen LogP contribution in [-0.2, 0) is 60.3 Å². The quantitative estimate of drug-likeness (QED) is 0.0299. The fourth-order valence-electron chi connectivity index (χ4n) is 13.7. The Labute approximate surface area is 607 Å². The summed E-state index contributed by atoms with van der Waals surface area (Å²) in [6, 6.07) is 15.6. The topological polar surface area (TPSA) is 419 Å². The zero-order valence-corrected chi connectivity index (χ0v) is 64.3. The smallest absolute Gasteiger partial charge is 0.407 e. The minimum Gasteiger partial charge on any atom is -0.458 e. The van der Waals surface area contributed by atoms with Crippen molar-refractivity contribution in [3.05, 3.63) is 103 Å². The summed E-state index contributed by atoms with van der Waals surface area (Å²) in [7, 11) is -7.63. The summed E-state index contributed by atoms with van der Waals surface area (Å²) in [5, 5.41) is 56.9. The van der Waals surface area contributed by atoms with E-state index in [1.807, 2.05) is 99.1 Å². The lowest BCUT2D eigenvalue weighted by Crippen LogP contribution is -2.47. The molecule has 14 N–H and O–H groups in total. The Balaban J connectivity index is 0.000000222. The summed E-state index contributed by atoms with van der Waals surface area (Å²) in [5.41, 5.74) is 15.6. The molecule has 4 saturated heterocycles. The minimum absolute atomic E-state index is 0.0200. The fraction of sp³-hybridized carbons (Fsp3) is 0.630. The third-order valence-electron chi connectivity index (χ3n) is 21.0. The monoisotopic (exact) mass is 1500 g/mol. The summed E-state index contributed by atoms with van der Waals surface area (Å²) in [6.07, 6.45) is 3.06. The van der Waals surface area contributed by atoms with Crippen LogP contribution in [0.15, 0.2) is 70.4 Å². The van der Waals surface area contributed by atoms with E-state index < -0.39 is 92.6 Å². The van der Waals surface area contributed by atoms with Crippen LogP contribution in [-0.4, -0.2) is 167 Å². The van der Waals surface area contributed by atoms with Crippen LogP contribution in [0.1, 0.15) is 186 Å². The van der Waals surface area contributed by atoms with Gasteiger partial charge in [-0.1, -0.05) is 117 Å². The molecule has 0 radical (unpaired) electrons. The second-order valence-corrected chi connectivity index (χ2v) is 35.6. The van der Waals surface area contributed by atoms with Crippen LogP contribution in [0.25, 0.3) is 23.3 Å². The zero-order chi connectivity index (χ0) is 75.5. The summed E-state index contributed by atoms with van der Waals surface area (Å²) in [5.74, 6) is -3.07. The molecule has 15 atom stereocenters. The summed E-state index contributed by atoms with van der Waals surface area (Å²) in [6.45, 7) is 22.3. The predicted octanol–water partition coefficient (Wildman–Crippen LogP) is 9.31. The molecule has 25 nitrogen and oxygen atoms in total. The molecule has 2 aromatic carbocycles. The highest BCUT2D eigenvalue weighted by atomic mass is 32.1. The van der Waals surface area contributed by atoms with Gasteiger partial charge in [-0.2, -0.15) is 0 Å². The number of rotatable bonds is 15. The van der Waals surface area contributed by atoms with E-state index in [-0.39, 0.29) is 104 Å². The van der Waals surface area contributed by atoms with Crippen LogP contribution in [0.4, 0.5) is 4.79 Å². The van der Waals surface area contributed by atoms with Gasteiger partial charge in [0.05, 0.1) is 108 Å². The molecule has 4 fully saturated rings. The maximum atomic E-state index is 13.3. The van der Waals surface area contributed by atoms with Crippen LogP contribution in [0.3, 0.4) is 0 Å². The highest BCUT2D eigenvalue weighted by Crippen LogP contribution is 2.48. The highest BCUT2D eigenvalue weighted by Gasteiger charge is 2.54. The molecule has 4 aliphatic heterocycles. The van der Waals surface area contributed by atoms with Gasteiger partial charge in [0.25, 0.3) is 7.52 Å². The average molecular weight is 1500 g/mol. The van der Waals surface area contributed by atoms with Crippen molar-refractivity contribution in [2.75, 3.05) is 32.0 Å². The second kappa shape index (κ2) is 35.9. The number of esters is 1. The lowest BCUT2D eigenvalue weighted by atomic mass is 9.72. The first-order valence-corrected chi connectivity index (χ1v) is 40.6. The summed E-state index contributed by atoms with van der Waals surface area (Å²) < 4.78 is 46.1. The third kappa shape index (κ3) is 22.9. The van der Waals surface area contributed by atoms with Crippen molar-refractivity contribution in [3.63, 3.8) is 0 Å². The normalized spacial score (nSPS) is 30.4. The molecule has 566 valence electrons. The minimum atomic E-state index is -4.12. The first kappa shape index (κ1) is 84.0. The van der Waals surface area contributed by atoms with E-state index >= 15 is 0 Å². The second-order valence-electron chi connectivity index (χ2n) is 29.8. The molecule has 102 heavy (non-hydrogen) atoms. The Hall–Kier alpha value is -5.29. The number of ether oxygens (including phenoxy) is 4. The van der Waals surface area contributed by atoms with E-state index in [9.17, 15) is 58.4 Å². The average Bonchev–Trinajstić information content (AvgIpc) is 1.62. The SMILES string of the molecule is C/C(=C\c1csc(CN)n1)[C@@H]1CC2O[C@]2(C)CCC[C@H](C)[C@H](O)[C@@H](C)C(=O)C(C)(C)[C@@H](O)CC(=O)O1.C/C(=C\c1csc(CNP(=O)(O)CCN)n1)[C@@H]1CC2O[C@]2(C)CCC[C@H](C)[C@H](O)[C@@H](C)C(=O)C(C)(C)[C@@H](O)CC(=O)N1.O=C(NCCP(=O)(O)O)OCC1c2ccccc2-c2ccccc21. The van der Waals surface area contributed by atoms with E-state index in [4.69, 9.17) is 40.2 Å². The molecular formula is C73H109N7O18P2S2. The molecule has 2 amide bonds. The number of Topliss-reactive ketones (excluding diaryl/α,β-unsaturated/α-hetero) is 2. The van der Waals surface area contributed by atoms with Crippen LogP contribution in [0.5, 0.6) is 0 Å². The predicted molar refractivity (Wildman–Crippen MR) is 393 cm³/mol.